The molecule has 1 saturated heterocycles. The summed E-state index contributed by atoms with van der Waals surface area (Å²) in [4.78, 5) is 31.3. The molecule has 1 aliphatic rings. The molecule has 1 aromatic carbocycles. The van der Waals surface area contributed by atoms with E-state index >= 15 is 0 Å². The molecule has 3 rings (SSSR count). The van der Waals surface area contributed by atoms with Gasteiger partial charge in [-0.05, 0) is 46.3 Å². The van der Waals surface area contributed by atoms with E-state index in [0.29, 0.717) is 5.71 Å². The fourth-order valence-electron chi connectivity index (χ4n) is 3.33. The Kier molecular flexibility index (Phi) is 7.25. The maximum Gasteiger partial charge on any atom is 0.326 e. The summed E-state index contributed by atoms with van der Waals surface area (Å²) in [5.41, 5.74) is 0.355. The van der Waals surface area contributed by atoms with Crippen molar-refractivity contribution in [2.45, 2.75) is 57.1 Å². The Bertz CT molecular complexity index is 1220. The maximum atomic E-state index is 13.4. The number of ether oxygens (including phenoxy) is 1. The largest absolute Gasteiger partial charge is 0.459 e. The number of allylic oxidation sites excluding steroid dienone is 1. The van der Waals surface area contributed by atoms with Crippen LogP contribution in [0.2, 0.25) is 0 Å². The summed E-state index contributed by atoms with van der Waals surface area (Å²) in [6.45, 7) is 7.75. The van der Waals surface area contributed by atoms with Crippen LogP contribution in [0, 0.1) is 6.92 Å². The van der Waals surface area contributed by atoms with Crippen LogP contribution in [0.3, 0.4) is 0 Å². The van der Waals surface area contributed by atoms with Gasteiger partial charge in [-0.3, -0.25) is 9.59 Å². The van der Waals surface area contributed by atoms with Gasteiger partial charge in [0.2, 0.25) is 9.84 Å². The summed E-state index contributed by atoms with van der Waals surface area (Å²) in [7, 11) is -4.14. The number of benzene rings is 1. The van der Waals surface area contributed by atoms with Crippen molar-refractivity contribution in [3.05, 3.63) is 59.5 Å². The van der Waals surface area contributed by atoms with Crippen LogP contribution in [0.4, 0.5) is 0 Å². The highest BCUT2D eigenvalue weighted by molar-refractivity contribution is 7.92. The minimum atomic E-state index is -4.14. The molecular formula is C23H27N3O7S. The molecule has 1 fully saturated rings. The molecule has 182 valence electrons. The Morgan fingerprint density at radius 1 is 1.26 bits per heavy atom. The van der Waals surface area contributed by atoms with Gasteiger partial charge in [-0.25, -0.2) is 8.42 Å². The average molecular weight is 490 g/mol. The number of hydrogen-bond acceptors (Lipinski definition) is 9. The lowest BCUT2D eigenvalue weighted by atomic mass is 10.0. The van der Waals surface area contributed by atoms with Gasteiger partial charge in [0.25, 0.3) is 5.91 Å². The molecule has 0 spiro atoms. The molecule has 10 nitrogen and oxygen atoms in total. The number of carbonyl (C=O) groups excluding carboxylic acids is 2. The van der Waals surface area contributed by atoms with E-state index in [9.17, 15) is 18.0 Å². The van der Waals surface area contributed by atoms with Crippen molar-refractivity contribution in [2.75, 3.05) is 6.54 Å². The van der Waals surface area contributed by atoms with E-state index in [-0.39, 0.29) is 22.8 Å². The summed E-state index contributed by atoms with van der Waals surface area (Å²) in [6.07, 6.45) is 2.41. The number of nitrogens with zero attached hydrogens (tertiary/aromatic N) is 3. The number of amides is 1. The molecule has 1 unspecified atom stereocenters. The summed E-state index contributed by atoms with van der Waals surface area (Å²) >= 11 is 0. The number of aryl methyl sites for hydroxylation is 1. The summed E-state index contributed by atoms with van der Waals surface area (Å²) in [5.74, 6) is -1.27. The molecule has 1 aromatic heterocycles. The Morgan fingerprint density at radius 2 is 1.94 bits per heavy atom. The second-order valence-corrected chi connectivity index (χ2v) is 10.7. The van der Waals surface area contributed by atoms with Crippen molar-refractivity contribution in [1.82, 2.24) is 10.1 Å². The van der Waals surface area contributed by atoms with Gasteiger partial charge >= 0.3 is 5.97 Å². The van der Waals surface area contributed by atoms with E-state index < -0.39 is 39.2 Å². The van der Waals surface area contributed by atoms with Gasteiger partial charge in [-0.1, -0.05) is 40.6 Å². The summed E-state index contributed by atoms with van der Waals surface area (Å²) in [6, 6.07) is 9.36. The zero-order valence-electron chi connectivity index (χ0n) is 19.6. The van der Waals surface area contributed by atoms with Crippen LogP contribution in [0.5, 0.6) is 0 Å². The Balaban J connectivity index is 1.86. The lowest BCUT2D eigenvalue weighted by Gasteiger charge is -2.41. The topological polar surface area (TPSA) is 128 Å². The van der Waals surface area contributed by atoms with Gasteiger partial charge in [0.1, 0.15) is 23.6 Å². The van der Waals surface area contributed by atoms with Crippen LogP contribution in [-0.4, -0.2) is 53.6 Å². The average Bonchev–Trinajstić information content (AvgIpc) is 3.18. The van der Waals surface area contributed by atoms with Gasteiger partial charge in [0.05, 0.1) is 17.5 Å². The fraction of sp³-hybridized carbons (Fsp3) is 0.391. The minimum absolute atomic E-state index is 0.0475. The standard InChI is InChI=1S/C23H27N3O7S/c1-15(25-31-14-17-9-7-6-8-10-17)11-18-21(28)26(13-20(27)32-23(3,4)5)22(18)34(29,30)19-12-24-33-16(19)2/h6-12,22H,13-14H2,1-5H3/b18-11-,25-15+. The zero-order chi connectivity index (χ0) is 25.1. The van der Waals surface area contributed by atoms with Gasteiger partial charge in [-0.2, -0.15) is 0 Å². The number of oxime groups is 1. The summed E-state index contributed by atoms with van der Waals surface area (Å²) in [5, 5.41) is 6.06. The molecule has 0 N–H and O–H groups in total. The van der Waals surface area contributed by atoms with Crippen molar-refractivity contribution in [3.8, 4) is 0 Å². The monoisotopic (exact) mass is 489 g/mol. The molecule has 11 heteroatoms. The van der Waals surface area contributed by atoms with Crippen molar-refractivity contribution in [2.24, 2.45) is 5.16 Å². The predicted octanol–water partition coefficient (Wildman–Crippen LogP) is 2.79. The van der Waals surface area contributed by atoms with E-state index in [1.807, 2.05) is 30.3 Å². The third-order valence-corrected chi connectivity index (χ3v) is 6.83. The van der Waals surface area contributed by atoms with Gasteiger partial charge in [0, 0.05) is 0 Å². The zero-order valence-corrected chi connectivity index (χ0v) is 20.5. The van der Waals surface area contributed by atoms with E-state index in [4.69, 9.17) is 14.1 Å². The molecule has 1 amide bonds. The first-order valence-electron chi connectivity index (χ1n) is 10.5. The normalized spacial score (nSPS) is 18.1. The van der Waals surface area contributed by atoms with Gasteiger partial charge < -0.3 is 19.0 Å². The smallest absolute Gasteiger partial charge is 0.326 e. The number of esters is 1. The molecular weight excluding hydrogens is 462 g/mol. The molecule has 1 atom stereocenters. The molecule has 2 aromatic rings. The van der Waals surface area contributed by atoms with E-state index in [1.165, 1.54) is 13.0 Å². The second kappa shape index (κ2) is 9.80. The molecule has 0 radical (unpaired) electrons. The lowest BCUT2D eigenvalue weighted by molar-refractivity contribution is -0.160. The minimum Gasteiger partial charge on any atom is -0.459 e. The Hall–Kier alpha value is -3.47. The van der Waals surface area contributed by atoms with Crippen LogP contribution in [0.15, 0.2) is 62.8 Å². The second-order valence-electron chi connectivity index (χ2n) is 8.75. The Labute approximate surface area is 198 Å². The first-order chi connectivity index (χ1) is 15.9. The van der Waals surface area contributed by atoms with E-state index in [0.717, 1.165) is 16.7 Å². The SMILES string of the molecule is CC(/C=C1/C(=O)N(CC(=O)OC(C)(C)C)C1S(=O)(=O)c1cnoc1C)=N\OCc1ccccc1. The van der Waals surface area contributed by atoms with Gasteiger partial charge in [-0.15, -0.1) is 0 Å². The maximum absolute atomic E-state index is 13.4. The first-order valence-corrected chi connectivity index (χ1v) is 12.0. The predicted molar refractivity (Wildman–Crippen MR) is 122 cm³/mol. The van der Waals surface area contributed by atoms with Crippen LogP contribution in [0.1, 0.15) is 39.0 Å². The van der Waals surface area contributed by atoms with Crippen molar-refractivity contribution in [3.63, 3.8) is 0 Å². The molecule has 0 bridgehead atoms. The molecule has 0 aliphatic carbocycles. The van der Waals surface area contributed by atoms with Crippen LogP contribution < -0.4 is 0 Å². The number of rotatable bonds is 8. The highest BCUT2D eigenvalue weighted by atomic mass is 32.2. The number of carbonyl (C=O) groups is 2. The lowest BCUT2D eigenvalue weighted by Crippen LogP contribution is -2.60. The third kappa shape index (κ3) is 5.71. The number of likely N-dealkylation sites (tertiary alicyclic amines) is 1. The third-order valence-electron chi connectivity index (χ3n) is 4.73. The van der Waals surface area contributed by atoms with Crippen molar-refractivity contribution < 1.29 is 32.1 Å². The van der Waals surface area contributed by atoms with Gasteiger partial charge in [0.15, 0.2) is 11.1 Å². The molecule has 1 aliphatic heterocycles. The first kappa shape index (κ1) is 25.2. The van der Waals surface area contributed by atoms with Crippen LogP contribution in [0.25, 0.3) is 0 Å². The highest BCUT2D eigenvalue weighted by Gasteiger charge is 2.52. The van der Waals surface area contributed by atoms with E-state index in [1.54, 1.807) is 27.7 Å². The highest BCUT2D eigenvalue weighted by Crippen LogP contribution is 2.35. The van der Waals surface area contributed by atoms with Crippen LogP contribution >= 0.6 is 0 Å². The van der Waals surface area contributed by atoms with Crippen LogP contribution in [-0.2, 0) is 35.6 Å². The quantitative estimate of drug-likeness (QED) is 0.182. The fourth-order valence-corrected chi connectivity index (χ4v) is 5.21. The molecule has 2 heterocycles. The Morgan fingerprint density at radius 3 is 2.53 bits per heavy atom. The number of sulfone groups is 1. The summed E-state index contributed by atoms with van der Waals surface area (Å²) < 4.78 is 36.9. The van der Waals surface area contributed by atoms with Crippen molar-refractivity contribution in [1.29, 1.82) is 0 Å². The molecule has 0 saturated carbocycles. The number of aromatic nitrogens is 1. The van der Waals surface area contributed by atoms with E-state index in [2.05, 4.69) is 10.3 Å². The van der Waals surface area contributed by atoms with Crippen molar-refractivity contribution >= 4 is 27.4 Å². The number of hydrogen-bond donors (Lipinski definition) is 0. The number of β-lactam (4-membered cyclic amide) rings is 1. The molecule has 34 heavy (non-hydrogen) atoms.